The molecule has 1 heterocycles. The van der Waals surface area contributed by atoms with Gasteiger partial charge in [0.05, 0.1) is 18.5 Å². The molecule has 2 N–H and O–H groups in total. The first kappa shape index (κ1) is 26.5. The number of amides is 3. The van der Waals surface area contributed by atoms with Crippen LogP contribution in [-0.2, 0) is 14.4 Å². The minimum absolute atomic E-state index is 0.0284. The molecule has 0 saturated heterocycles. The summed E-state index contributed by atoms with van der Waals surface area (Å²) in [4.78, 5) is 41.6. The maximum Gasteiger partial charge on any atom is 0.283 e. The fraction of sp³-hybridized carbons (Fsp3) is 0.233. The molecule has 0 unspecified atom stereocenters. The lowest BCUT2D eigenvalue weighted by Gasteiger charge is -2.16. The number of halogens is 1. The van der Waals surface area contributed by atoms with Crippen molar-refractivity contribution < 1.29 is 23.5 Å². The van der Waals surface area contributed by atoms with Gasteiger partial charge in [-0.3, -0.25) is 14.4 Å². The molecule has 1 aliphatic carbocycles. The lowest BCUT2D eigenvalue weighted by atomic mass is 10.1. The maximum absolute atomic E-state index is 13.6. The van der Waals surface area contributed by atoms with Gasteiger partial charge in [-0.1, -0.05) is 30.7 Å². The van der Waals surface area contributed by atoms with Gasteiger partial charge in [-0.25, -0.2) is 9.29 Å². The van der Waals surface area contributed by atoms with E-state index in [2.05, 4.69) is 10.6 Å². The van der Waals surface area contributed by atoms with Gasteiger partial charge < -0.3 is 15.4 Å². The van der Waals surface area contributed by atoms with Crippen LogP contribution >= 0.6 is 11.8 Å². The Morgan fingerprint density at radius 1 is 0.974 bits per heavy atom. The number of rotatable bonds is 8. The number of carbonyl (C=O) groups excluding carboxylic acids is 3. The van der Waals surface area contributed by atoms with Gasteiger partial charge in [0.2, 0.25) is 5.91 Å². The highest BCUT2D eigenvalue weighted by atomic mass is 32.2. The lowest BCUT2D eigenvalue weighted by Crippen LogP contribution is -2.32. The smallest absolute Gasteiger partial charge is 0.283 e. The maximum atomic E-state index is 13.6. The Kier molecular flexibility index (Phi) is 7.70. The summed E-state index contributed by atoms with van der Waals surface area (Å²) in [5, 5.41) is 6.09. The number of thioether (sulfide) groups is 1. The van der Waals surface area contributed by atoms with E-state index >= 15 is 0 Å². The van der Waals surface area contributed by atoms with Crippen LogP contribution in [0.15, 0.2) is 82.2 Å². The summed E-state index contributed by atoms with van der Waals surface area (Å²) in [7, 11) is 1.53. The second-order valence-corrected chi connectivity index (χ2v) is 10.6. The SMILES string of the molecule is COc1ccc(C)cc1NC1=C(Sc2ccc(NC(=O)C3CCCC3)cc2)C(=O)N(c2ccc(F)cc2)C1=O. The molecule has 0 spiro atoms. The number of ether oxygens (including phenoxy) is 1. The van der Waals surface area contributed by atoms with E-state index in [1.165, 1.54) is 31.4 Å². The summed E-state index contributed by atoms with van der Waals surface area (Å²) in [5.74, 6) is -0.956. The number of imide groups is 1. The molecule has 5 rings (SSSR count). The van der Waals surface area contributed by atoms with Gasteiger partial charge in [-0.15, -0.1) is 0 Å². The predicted molar refractivity (Wildman–Crippen MR) is 150 cm³/mol. The zero-order valence-corrected chi connectivity index (χ0v) is 22.4. The van der Waals surface area contributed by atoms with Crippen LogP contribution in [0.1, 0.15) is 31.2 Å². The number of aryl methyl sites for hydroxylation is 1. The number of hydrogen-bond acceptors (Lipinski definition) is 6. The summed E-state index contributed by atoms with van der Waals surface area (Å²) >= 11 is 1.14. The predicted octanol–water partition coefficient (Wildman–Crippen LogP) is 6.26. The van der Waals surface area contributed by atoms with Gasteiger partial charge in [0, 0.05) is 16.5 Å². The van der Waals surface area contributed by atoms with Crippen molar-refractivity contribution >= 4 is 46.5 Å². The van der Waals surface area contributed by atoms with Crippen molar-refractivity contribution in [3.05, 3.63) is 88.7 Å². The van der Waals surface area contributed by atoms with Crippen LogP contribution in [-0.4, -0.2) is 24.8 Å². The Bertz CT molecular complexity index is 1450. The quantitative estimate of drug-likeness (QED) is 0.325. The minimum Gasteiger partial charge on any atom is -0.495 e. The largest absolute Gasteiger partial charge is 0.495 e. The van der Waals surface area contributed by atoms with Gasteiger partial charge in [-0.05, 0) is 86.0 Å². The zero-order valence-electron chi connectivity index (χ0n) is 21.6. The second-order valence-electron chi connectivity index (χ2n) is 9.55. The summed E-state index contributed by atoms with van der Waals surface area (Å²) in [5.41, 5.74) is 2.52. The van der Waals surface area contributed by atoms with Crippen molar-refractivity contribution in [3.8, 4) is 5.75 Å². The molecule has 3 amide bonds. The first-order valence-corrected chi connectivity index (χ1v) is 13.5. The fourth-order valence-corrected chi connectivity index (χ4v) is 5.68. The average molecular weight is 546 g/mol. The van der Waals surface area contributed by atoms with E-state index in [0.29, 0.717) is 22.0 Å². The molecule has 7 nitrogen and oxygen atoms in total. The van der Waals surface area contributed by atoms with Crippen molar-refractivity contribution in [3.63, 3.8) is 0 Å². The highest BCUT2D eigenvalue weighted by molar-refractivity contribution is 8.04. The van der Waals surface area contributed by atoms with E-state index < -0.39 is 17.6 Å². The number of anilines is 3. The highest BCUT2D eigenvalue weighted by Gasteiger charge is 2.40. The van der Waals surface area contributed by atoms with E-state index in [1.807, 2.05) is 19.1 Å². The van der Waals surface area contributed by atoms with Crippen LogP contribution in [0, 0.1) is 18.7 Å². The monoisotopic (exact) mass is 545 g/mol. The van der Waals surface area contributed by atoms with E-state index in [4.69, 9.17) is 4.74 Å². The van der Waals surface area contributed by atoms with E-state index in [0.717, 1.165) is 47.9 Å². The molecule has 0 atom stereocenters. The summed E-state index contributed by atoms with van der Waals surface area (Å²) in [6.07, 6.45) is 3.98. The molecule has 39 heavy (non-hydrogen) atoms. The first-order chi connectivity index (χ1) is 18.8. The highest BCUT2D eigenvalue weighted by Crippen LogP contribution is 2.39. The lowest BCUT2D eigenvalue weighted by molar-refractivity contribution is -0.121. The molecule has 0 bridgehead atoms. The summed E-state index contributed by atoms with van der Waals surface area (Å²) in [6, 6.07) is 17.8. The topological polar surface area (TPSA) is 87.7 Å². The molecule has 0 aromatic heterocycles. The average Bonchev–Trinajstić information content (AvgIpc) is 3.55. The van der Waals surface area contributed by atoms with Crippen LogP contribution in [0.4, 0.5) is 21.5 Å². The van der Waals surface area contributed by atoms with Gasteiger partial charge in [-0.2, -0.15) is 0 Å². The fourth-order valence-electron chi connectivity index (χ4n) is 4.75. The van der Waals surface area contributed by atoms with Crippen molar-refractivity contribution in [1.82, 2.24) is 0 Å². The second kappa shape index (κ2) is 11.3. The van der Waals surface area contributed by atoms with E-state index in [-0.39, 0.29) is 28.1 Å². The van der Waals surface area contributed by atoms with Gasteiger partial charge >= 0.3 is 0 Å². The third-order valence-electron chi connectivity index (χ3n) is 6.81. The van der Waals surface area contributed by atoms with Gasteiger partial charge in [0.1, 0.15) is 22.2 Å². The number of nitrogens with one attached hydrogen (secondary N) is 2. The number of hydrogen-bond donors (Lipinski definition) is 2. The van der Waals surface area contributed by atoms with Crippen LogP contribution in [0.5, 0.6) is 5.75 Å². The Hall–Kier alpha value is -4.11. The van der Waals surface area contributed by atoms with E-state index in [1.54, 1.807) is 30.3 Å². The molecule has 1 fully saturated rings. The van der Waals surface area contributed by atoms with Crippen LogP contribution in [0.3, 0.4) is 0 Å². The van der Waals surface area contributed by atoms with Gasteiger partial charge in [0.25, 0.3) is 11.8 Å². The standard InChI is InChI=1S/C30H28FN3O4S/c1-18-7-16-25(38-2)24(17-18)33-26-27(30(37)34(29(26)36)22-12-8-20(31)9-13-22)39-23-14-10-21(11-15-23)32-28(35)19-5-3-4-6-19/h7-17,19,33H,3-6H2,1-2H3,(H,32,35). The Labute approximate surface area is 230 Å². The van der Waals surface area contributed by atoms with Crippen LogP contribution in [0.2, 0.25) is 0 Å². The molecule has 1 saturated carbocycles. The van der Waals surface area contributed by atoms with Crippen LogP contribution in [0.25, 0.3) is 0 Å². The zero-order chi connectivity index (χ0) is 27.5. The normalized spacial score (nSPS) is 15.7. The molecule has 200 valence electrons. The molecular weight excluding hydrogens is 517 g/mol. The third kappa shape index (κ3) is 5.68. The molecule has 1 aliphatic heterocycles. The third-order valence-corrected chi connectivity index (χ3v) is 7.90. The molecule has 3 aromatic rings. The molecular formula is C30H28FN3O4S. The number of methoxy groups -OCH3 is 1. The van der Waals surface area contributed by atoms with Crippen molar-refractivity contribution in [2.45, 2.75) is 37.5 Å². The van der Waals surface area contributed by atoms with Gasteiger partial charge in [0.15, 0.2) is 0 Å². The minimum atomic E-state index is -0.557. The number of carbonyl (C=O) groups is 3. The van der Waals surface area contributed by atoms with Crippen molar-refractivity contribution in [2.75, 3.05) is 22.6 Å². The summed E-state index contributed by atoms with van der Waals surface area (Å²) < 4.78 is 19.0. The van der Waals surface area contributed by atoms with Crippen molar-refractivity contribution in [1.29, 1.82) is 0 Å². The van der Waals surface area contributed by atoms with E-state index in [9.17, 15) is 18.8 Å². The Morgan fingerprint density at radius 3 is 2.33 bits per heavy atom. The van der Waals surface area contributed by atoms with Crippen LogP contribution < -0.4 is 20.3 Å². The molecule has 2 aliphatic rings. The summed E-state index contributed by atoms with van der Waals surface area (Å²) in [6.45, 7) is 1.91. The molecule has 3 aromatic carbocycles. The molecule has 0 radical (unpaired) electrons. The van der Waals surface area contributed by atoms with Crippen molar-refractivity contribution in [2.24, 2.45) is 5.92 Å². The number of nitrogens with zero attached hydrogens (tertiary/aromatic N) is 1. The number of benzene rings is 3. The first-order valence-electron chi connectivity index (χ1n) is 12.7. The Morgan fingerprint density at radius 2 is 1.67 bits per heavy atom. The molecule has 9 heteroatoms. The Balaban J connectivity index is 1.44.